The molecule has 3 rings (SSSR count). The maximum Gasteiger partial charge on any atom is 0.416 e. The first-order valence-corrected chi connectivity index (χ1v) is 8.94. The van der Waals surface area contributed by atoms with Crippen LogP contribution >= 0.6 is 23.2 Å². The quantitative estimate of drug-likeness (QED) is 0.443. The Morgan fingerprint density at radius 3 is 2.59 bits per heavy atom. The standard InChI is InChI=1S/C19H13Cl2F3N4O/c1-11-15(10-25-26-18(29)14-7-2-3-8-16(14)20)17(21)28(27-11)13-6-4-5-12(9-13)19(22,23)24/h2-10H,1H3,(H,26,29)/b25-10-. The fourth-order valence-corrected chi connectivity index (χ4v) is 3.05. The van der Waals surface area contributed by atoms with Crippen molar-refractivity contribution in [2.75, 3.05) is 0 Å². The molecule has 3 aromatic rings. The molecule has 5 nitrogen and oxygen atoms in total. The third-order valence-corrected chi connectivity index (χ3v) is 4.64. The van der Waals surface area contributed by atoms with Gasteiger partial charge in [-0.1, -0.05) is 41.4 Å². The van der Waals surface area contributed by atoms with Crippen LogP contribution in [0.25, 0.3) is 5.69 Å². The molecule has 0 aliphatic heterocycles. The largest absolute Gasteiger partial charge is 0.416 e. The Balaban J connectivity index is 1.84. The molecular weight excluding hydrogens is 428 g/mol. The number of aromatic nitrogens is 2. The van der Waals surface area contributed by atoms with E-state index in [1.807, 2.05) is 0 Å². The van der Waals surface area contributed by atoms with E-state index in [4.69, 9.17) is 23.2 Å². The molecule has 1 aromatic heterocycles. The molecule has 0 spiro atoms. The Morgan fingerprint density at radius 2 is 1.90 bits per heavy atom. The van der Waals surface area contributed by atoms with Crippen molar-refractivity contribution in [3.63, 3.8) is 0 Å². The zero-order chi connectivity index (χ0) is 21.2. The summed E-state index contributed by atoms with van der Waals surface area (Å²) < 4.78 is 40.0. The molecule has 2 aromatic carbocycles. The Hall–Kier alpha value is -2.84. The van der Waals surface area contributed by atoms with E-state index < -0.39 is 17.6 Å². The van der Waals surface area contributed by atoms with E-state index in [9.17, 15) is 18.0 Å². The van der Waals surface area contributed by atoms with Gasteiger partial charge in [-0.3, -0.25) is 4.79 Å². The van der Waals surface area contributed by atoms with Gasteiger partial charge in [-0.15, -0.1) is 0 Å². The first-order chi connectivity index (χ1) is 13.7. The third kappa shape index (κ3) is 4.60. The van der Waals surface area contributed by atoms with Crippen molar-refractivity contribution < 1.29 is 18.0 Å². The number of nitrogens with one attached hydrogen (secondary N) is 1. The Kier molecular flexibility index (Phi) is 5.95. The van der Waals surface area contributed by atoms with Gasteiger partial charge in [0.15, 0.2) is 0 Å². The average Bonchev–Trinajstić information content (AvgIpc) is 2.96. The van der Waals surface area contributed by atoms with E-state index in [2.05, 4.69) is 15.6 Å². The normalized spacial score (nSPS) is 11.8. The first kappa shape index (κ1) is 20.9. The molecule has 0 fully saturated rings. The molecule has 150 valence electrons. The van der Waals surface area contributed by atoms with Crippen molar-refractivity contribution in [1.82, 2.24) is 15.2 Å². The maximum atomic E-state index is 12.9. The number of nitrogens with zero attached hydrogens (tertiary/aromatic N) is 3. The monoisotopic (exact) mass is 440 g/mol. The maximum absolute atomic E-state index is 12.9. The molecule has 1 amide bonds. The number of halogens is 5. The van der Waals surface area contributed by atoms with Gasteiger partial charge in [-0.25, -0.2) is 10.1 Å². The van der Waals surface area contributed by atoms with E-state index in [0.717, 1.165) is 12.1 Å². The van der Waals surface area contributed by atoms with Crippen LogP contribution in [0.15, 0.2) is 53.6 Å². The molecule has 0 radical (unpaired) electrons. The molecule has 10 heteroatoms. The van der Waals surface area contributed by atoms with E-state index in [-0.39, 0.29) is 21.4 Å². The second kappa shape index (κ2) is 8.26. The summed E-state index contributed by atoms with van der Waals surface area (Å²) in [6, 6.07) is 11.1. The number of benzene rings is 2. The molecule has 0 saturated carbocycles. The number of hydrogen-bond donors (Lipinski definition) is 1. The lowest BCUT2D eigenvalue weighted by Gasteiger charge is -2.09. The predicted molar refractivity (Wildman–Crippen MR) is 105 cm³/mol. The lowest BCUT2D eigenvalue weighted by molar-refractivity contribution is -0.137. The van der Waals surface area contributed by atoms with Gasteiger partial charge < -0.3 is 0 Å². The Morgan fingerprint density at radius 1 is 1.17 bits per heavy atom. The fourth-order valence-electron chi connectivity index (χ4n) is 2.50. The highest BCUT2D eigenvalue weighted by atomic mass is 35.5. The summed E-state index contributed by atoms with van der Waals surface area (Å²) in [6.45, 7) is 1.62. The minimum Gasteiger partial charge on any atom is -0.267 e. The molecular formula is C19H13Cl2F3N4O. The topological polar surface area (TPSA) is 59.3 Å². The van der Waals surface area contributed by atoms with E-state index in [1.165, 1.54) is 29.1 Å². The van der Waals surface area contributed by atoms with Crippen LogP contribution in [-0.4, -0.2) is 21.9 Å². The molecule has 29 heavy (non-hydrogen) atoms. The van der Waals surface area contributed by atoms with E-state index >= 15 is 0 Å². The van der Waals surface area contributed by atoms with Gasteiger partial charge in [0, 0.05) is 0 Å². The van der Waals surface area contributed by atoms with Crippen molar-refractivity contribution in [1.29, 1.82) is 0 Å². The lowest BCUT2D eigenvalue weighted by Crippen LogP contribution is -2.18. The van der Waals surface area contributed by atoms with Gasteiger partial charge in [-0.2, -0.15) is 23.4 Å². The van der Waals surface area contributed by atoms with Crippen LogP contribution in [0.2, 0.25) is 10.2 Å². The minimum atomic E-state index is -4.49. The fraction of sp³-hybridized carbons (Fsp3) is 0.105. The second-order valence-electron chi connectivity index (χ2n) is 5.93. The summed E-state index contributed by atoms with van der Waals surface area (Å²) in [5.41, 5.74) is 2.66. The number of carbonyl (C=O) groups excluding carboxylic acids is 1. The van der Waals surface area contributed by atoms with Crippen molar-refractivity contribution in [3.8, 4) is 5.69 Å². The molecule has 1 N–H and O–H groups in total. The number of amides is 1. The van der Waals surface area contributed by atoms with Crippen molar-refractivity contribution in [3.05, 3.63) is 81.1 Å². The zero-order valence-corrected chi connectivity index (χ0v) is 16.3. The highest BCUT2D eigenvalue weighted by Crippen LogP contribution is 2.31. The smallest absolute Gasteiger partial charge is 0.267 e. The van der Waals surface area contributed by atoms with E-state index in [1.54, 1.807) is 25.1 Å². The number of carbonyl (C=O) groups is 1. The number of rotatable bonds is 4. The lowest BCUT2D eigenvalue weighted by atomic mass is 10.2. The summed E-state index contributed by atoms with van der Waals surface area (Å²) in [5.74, 6) is -0.522. The summed E-state index contributed by atoms with van der Waals surface area (Å²) in [4.78, 5) is 12.1. The molecule has 0 aliphatic rings. The molecule has 0 unspecified atom stereocenters. The summed E-state index contributed by atoms with van der Waals surface area (Å²) in [6.07, 6.45) is -3.22. The SMILES string of the molecule is Cc1nn(-c2cccc(C(F)(F)F)c2)c(Cl)c1/C=N\NC(=O)c1ccccc1Cl. The average molecular weight is 441 g/mol. The van der Waals surface area contributed by atoms with Crippen molar-refractivity contribution in [2.24, 2.45) is 5.10 Å². The van der Waals surface area contributed by atoms with Crippen LogP contribution in [-0.2, 0) is 6.18 Å². The summed E-state index contributed by atoms with van der Waals surface area (Å²) in [7, 11) is 0. The number of alkyl halides is 3. The summed E-state index contributed by atoms with van der Waals surface area (Å²) in [5, 5.41) is 8.33. The molecule has 0 atom stereocenters. The van der Waals surface area contributed by atoms with Gasteiger partial charge >= 0.3 is 6.18 Å². The molecule has 0 bridgehead atoms. The van der Waals surface area contributed by atoms with Gasteiger partial charge in [0.25, 0.3) is 5.91 Å². The van der Waals surface area contributed by atoms with Crippen LogP contribution < -0.4 is 5.43 Å². The highest BCUT2D eigenvalue weighted by Gasteiger charge is 2.30. The number of hydrogen-bond acceptors (Lipinski definition) is 3. The summed E-state index contributed by atoms with van der Waals surface area (Å²) >= 11 is 12.2. The first-order valence-electron chi connectivity index (χ1n) is 8.19. The van der Waals surface area contributed by atoms with Gasteiger partial charge in [-0.05, 0) is 37.3 Å². The van der Waals surface area contributed by atoms with Crippen molar-refractivity contribution in [2.45, 2.75) is 13.1 Å². The third-order valence-electron chi connectivity index (χ3n) is 3.94. The number of aryl methyl sites for hydroxylation is 1. The van der Waals surface area contributed by atoms with E-state index in [0.29, 0.717) is 11.3 Å². The van der Waals surface area contributed by atoms with Gasteiger partial charge in [0.05, 0.1) is 39.3 Å². The second-order valence-corrected chi connectivity index (χ2v) is 6.69. The van der Waals surface area contributed by atoms with Crippen LogP contribution in [0, 0.1) is 6.92 Å². The number of hydrazone groups is 1. The van der Waals surface area contributed by atoms with Crippen LogP contribution in [0.1, 0.15) is 27.2 Å². The van der Waals surface area contributed by atoms with Gasteiger partial charge in [0.2, 0.25) is 0 Å². The zero-order valence-electron chi connectivity index (χ0n) is 14.8. The molecule has 0 aliphatic carbocycles. The molecule has 0 saturated heterocycles. The van der Waals surface area contributed by atoms with Crippen molar-refractivity contribution >= 4 is 35.3 Å². The minimum absolute atomic E-state index is 0.0533. The highest BCUT2D eigenvalue weighted by molar-refractivity contribution is 6.34. The molecule has 1 heterocycles. The van der Waals surface area contributed by atoms with Crippen LogP contribution in [0.3, 0.4) is 0 Å². The van der Waals surface area contributed by atoms with Gasteiger partial charge in [0.1, 0.15) is 5.15 Å². The van der Waals surface area contributed by atoms with Crippen LogP contribution in [0.4, 0.5) is 13.2 Å². The van der Waals surface area contributed by atoms with Crippen LogP contribution in [0.5, 0.6) is 0 Å². The Labute approximate surface area is 173 Å². The predicted octanol–water partition coefficient (Wildman–Crippen LogP) is 5.27. The Bertz CT molecular complexity index is 1090.